The Morgan fingerprint density at radius 2 is 1.76 bits per heavy atom. The second-order valence-corrected chi connectivity index (χ2v) is 5.42. The van der Waals surface area contributed by atoms with Gasteiger partial charge in [0.25, 0.3) is 0 Å². The lowest BCUT2D eigenvalue weighted by atomic mass is 9.98. The Labute approximate surface area is 130 Å². The van der Waals surface area contributed by atoms with Crippen LogP contribution in [0.15, 0.2) is 36.4 Å². The molecule has 1 unspecified atom stereocenters. The molecule has 1 atom stereocenters. The van der Waals surface area contributed by atoms with E-state index in [-0.39, 0.29) is 6.04 Å². The van der Waals surface area contributed by atoms with Crippen molar-refractivity contribution < 1.29 is 9.47 Å². The molecule has 0 aromatic heterocycles. The van der Waals surface area contributed by atoms with E-state index >= 15 is 0 Å². The van der Waals surface area contributed by atoms with Crippen LogP contribution in [0.1, 0.15) is 22.7 Å². The maximum absolute atomic E-state index is 6.28. The van der Waals surface area contributed by atoms with Crippen LogP contribution in [0.4, 0.5) is 0 Å². The molecule has 2 rings (SSSR count). The molecule has 0 saturated carbocycles. The summed E-state index contributed by atoms with van der Waals surface area (Å²) in [6, 6.07) is 11.7. The van der Waals surface area contributed by atoms with Crippen LogP contribution in [0.3, 0.4) is 0 Å². The highest BCUT2D eigenvalue weighted by molar-refractivity contribution is 6.31. The number of hydrogen-bond acceptors (Lipinski definition) is 3. The number of rotatable bonds is 5. The second-order valence-electron chi connectivity index (χ2n) is 5.01. The summed E-state index contributed by atoms with van der Waals surface area (Å²) in [4.78, 5) is 0. The minimum atomic E-state index is -0.110. The summed E-state index contributed by atoms with van der Waals surface area (Å²) in [6.45, 7) is 1.98. The molecule has 0 saturated heterocycles. The van der Waals surface area contributed by atoms with E-state index < -0.39 is 0 Å². The van der Waals surface area contributed by atoms with E-state index in [0.717, 1.165) is 21.7 Å². The minimum Gasteiger partial charge on any atom is -0.493 e. The molecule has 0 spiro atoms. The first-order chi connectivity index (χ1) is 10.0. The van der Waals surface area contributed by atoms with Crippen LogP contribution in [-0.4, -0.2) is 14.2 Å². The zero-order chi connectivity index (χ0) is 15.4. The molecule has 2 aromatic carbocycles. The summed E-state index contributed by atoms with van der Waals surface area (Å²) in [5.41, 5.74) is 9.45. The summed E-state index contributed by atoms with van der Waals surface area (Å²) in [5, 5.41) is 0.746. The number of nitrogens with two attached hydrogens (primary N) is 1. The molecule has 0 bridgehead atoms. The lowest BCUT2D eigenvalue weighted by Crippen LogP contribution is -2.13. The Kier molecular flexibility index (Phi) is 5.10. The van der Waals surface area contributed by atoms with Gasteiger partial charge in [-0.3, -0.25) is 0 Å². The third-order valence-electron chi connectivity index (χ3n) is 3.53. The van der Waals surface area contributed by atoms with Crippen molar-refractivity contribution in [1.82, 2.24) is 0 Å². The van der Waals surface area contributed by atoms with E-state index in [1.165, 1.54) is 0 Å². The van der Waals surface area contributed by atoms with Crippen LogP contribution in [-0.2, 0) is 6.42 Å². The van der Waals surface area contributed by atoms with Crippen molar-refractivity contribution >= 4 is 11.6 Å². The monoisotopic (exact) mass is 305 g/mol. The number of halogens is 1. The molecule has 0 amide bonds. The molecule has 112 valence electrons. The van der Waals surface area contributed by atoms with Gasteiger partial charge in [-0.1, -0.05) is 29.8 Å². The van der Waals surface area contributed by atoms with E-state index in [4.69, 9.17) is 26.8 Å². The van der Waals surface area contributed by atoms with Gasteiger partial charge in [-0.05, 0) is 48.2 Å². The topological polar surface area (TPSA) is 44.5 Å². The molecule has 4 heteroatoms. The normalized spacial score (nSPS) is 12.0. The van der Waals surface area contributed by atoms with Gasteiger partial charge in [0.1, 0.15) is 0 Å². The molecular weight excluding hydrogens is 286 g/mol. The fourth-order valence-corrected chi connectivity index (χ4v) is 2.41. The van der Waals surface area contributed by atoms with Gasteiger partial charge >= 0.3 is 0 Å². The average molecular weight is 306 g/mol. The van der Waals surface area contributed by atoms with Crippen molar-refractivity contribution in [2.45, 2.75) is 19.4 Å². The second kappa shape index (κ2) is 6.83. The van der Waals surface area contributed by atoms with Crippen LogP contribution in [0.2, 0.25) is 5.02 Å². The van der Waals surface area contributed by atoms with E-state index in [1.807, 2.05) is 43.3 Å². The van der Waals surface area contributed by atoms with Crippen molar-refractivity contribution in [1.29, 1.82) is 0 Å². The summed E-state index contributed by atoms with van der Waals surface area (Å²) in [7, 11) is 3.25. The van der Waals surface area contributed by atoms with Gasteiger partial charge in [0.15, 0.2) is 11.5 Å². The smallest absolute Gasteiger partial charge is 0.160 e. The first-order valence-corrected chi connectivity index (χ1v) is 7.15. The summed E-state index contributed by atoms with van der Waals surface area (Å²) in [6.07, 6.45) is 0.708. The van der Waals surface area contributed by atoms with Crippen LogP contribution in [0.25, 0.3) is 0 Å². The number of ether oxygens (including phenoxy) is 2. The highest BCUT2D eigenvalue weighted by Gasteiger charge is 2.11. The van der Waals surface area contributed by atoms with Crippen LogP contribution >= 0.6 is 11.6 Å². The van der Waals surface area contributed by atoms with Gasteiger partial charge in [-0.15, -0.1) is 0 Å². The number of aryl methyl sites for hydroxylation is 1. The molecule has 0 heterocycles. The minimum absolute atomic E-state index is 0.110. The molecule has 3 nitrogen and oxygen atoms in total. The molecular formula is C17H20ClNO2. The SMILES string of the molecule is COc1ccc(CC(N)c2ccc(C)c(Cl)c2)cc1OC. The fraction of sp³-hybridized carbons (Fsp3) is 0.294. The first kappa shape index (κ1) is 15.7. The quantitative estimate of drug-likeness (QED) is 0.911. The molecule has 0 aliphatic rings. The Hall–Kier alpha value is -1.71. The van der Waals surface area contributed by atoms with Crippen molar-refractivity contribution in [3.8, 4) is 11.5 Å². The Bertz CT molecular complexity index is 628. The van der Waals surface area contributed by atoms with Crippen LogP contribution in [0.5, 0.6) is 11.5 Å². The van der Waals surface area contributed by atoms with Gasteiger partial charge in [0, 0.05) is 11.1 Å². The van der Waals surface area contributed by atoms with Gasteiger partial charge in [0.2, 0.25) is 0 Å². The Balaban J connectivity index is 2.18. The Morgan fingerprint density at radius 1 is 1.05 bits per heavy atom. The molecule has 2 aromatic rings. The first-order valence-electron chi connectivity index (χ1n) is 6.77. The highest BCUT2D eigenvalue weighted by atomic mass is 35.5. The molecule has 2 N–H and O–H groups in total. The predicted molar refractivity (Wildman–Crippen MR) is 86.4 cm³/mol. The van der Waals surface area contributed by atoms with Crippen LogP contribution in [0, 0.1) is 6.92 Å². The summed E-state index contributed by atoms with van der Waals surface area (Å²) < 4.78 is 10.5. The molecule has 0 radical (unpaired) electrons. The van der Waals surface area contributed by atoms with Gasteiger partial charge < -0.3 is 15.2 Å². The van der Waals surface area contributed by atoms with Gasteiger partial charge in [0.05, 0.1) is 14.2 Å². The Morgan fingerprint density at radius 3 is 2.38 bits per heavy atom. The zero-order valence-corrected chi connectivity index (χ0v) is 13.3. The van der Waals surface area contributed by atoms with Crippen LogP contribution < -0.4 is 15.2 Å². The van der Waals surface area contributed by atoms with Crippen molar-refractivity contribution in [2.24, 2.45) is 5.73 Å². The summed E-state index contributed by atoms with van der Waals surface area (Å²) >= 11 is 6.16. The highest BCUT2D eigenvalue weighted by Crippen LogP contribution is 2.29. The van der Waals surface area contributed by atoms with E-state index in [9.17, 15) is 0 Å². The number of methoxy groups -OCH3 is 2. The standard InChI is InChI=1S/C17H20ClNO2/c1-11-4-6-13(10-14(11)18)15(19)8-12-5-7-16(20-2)17(9-12)21-3/h4-7,9-10,15H,8,19H2,1-3H3. The van der Waals surface area contributed by atoms with Crippen molar-refractivity contribution in [3.05, 3.63) is 58.1 Å². The van der Waals surface area contributed by atoms with Crippen molar-refractivity contribution in [2.75, 3.05) is 14.2 Å². The van der Waals surface area contributed by atoms with E-state index in [2.05, 4.69) is 0 Å². The number of hydrogen-bond donors (Lipinski definition) is 1. The molecule has 0 fully saturated rings. The maximum atomic E-state index is 6.28. The fourth-order valence-electron chi connectivity index (χ4n) is 2.22. The lowest BCUT2D eigenvalue weighted by Gasteiger charge is -2.15. The van der Waals surface area contributed by atoms with E-state index in [1.54, 1.807) is 14.2 Å². The third-order valence-corrected chi connectivity index (χ3v) is 3.93. The van der Waals surface area contributed by atoms with Gasteiger partial charge in [-0.2, -0.15) is 0 Å². The third kappa shape index (κ3) is 3.69. The predicted octanol–water partition coefficient (Wildman–Crippen LogP) is 3.91. The average Bonchev–Trinajstić information content (AvgIpc) is 2.49. The molecule has 21 heavy (non-hydrogen) atoms. The summed E-state index contributed by atoms with van der Waals surface area (Å²) in [5.74, 6) is 1.43. The largest absolute Gasteiger partial charge is 0.493 e. The lowest BCUT2D eigenvalue weighted by molar-refractivity contribution is 0.354. The zero-order valence-electron chi connectivity index (χ0n) is 12.5. The van der Waals surface area contributed by atoms with Gasteiger partial charge in [-0.25, -0.2) is 0 Å². The van der Waals surface area contributed by atoms with E-state index in [0.29, 0.717) is 17.9 Å². The maximum Gasteiger partial charge on any atom is 0.160 e. The van der Waals surface area contributed by atoms with Crippen molar-refractivity contribution in [3.63, 3.8) is 0 Å². The molecule has 0 aliphatic carbocycles. The molecule has 0 aliphatic heterocycles. The number of benzene rings is 2.